The molecule has 32 heavy (non-hydrogen) atoms. The third-order valence-corrected chi connectivity index (χ3v) is 7.70. The summed E-state index contributed by atoms with van der Waals surface area (Å²) >= 11 is 0. The Bertz CT molecular complexity index is 1080. The van der Waals surface area contributed by atoms with E-state index < -0.39 is 10.0 Å². The van der Waals surface area contributed by atoms with Gasteiger partial charge in [0.1, 0.15) is 11.5 Å². The zero-order valence-corrected chi connectivity index (χ0v) is 20.0. The van der Waals surface area contributed by atoms with Crippen LogP contribution in [0.2, 0.25) is 0 Å². The molecule has 1 unspecified atom stereocenters. The van der Waals surface area contributed by atoms with Crippen molar-refractivity contribution < 1.29 is 22.7 Å². The van der Waals surface area contributed by atoms with E-state index in [0.717, 1.165) is 5.56 Å². The smallest absolute Gasteiger partial charge is 0.252 e. The quantitative estimate of drug-likeness (QED) is 0.682. The number of ether oxygens (including phenoxy) is 2. The van der Waals surface area contributed by atoms with Gasteiger partial charge in [-0.3, -0.25) is 4.79 Å². The number of nitrogens with zero attached hydrogens (tertiary/aromatic N) is 2. The van der Waals surface area contributed by atoms with E-state index in [9.17, 15) is 13.2 Å². The zero-order chi connectivity index (χ0) is 23.5. The summed E-state index contributed by atoms with van der Waals surface area (Å²) in [7, 11) is 1.44. The molecule has 1 N–H and O–H groups in total. The number of hydrogen-bond acceptors (Lipinski definition) is 6. The first-order valence-electron chi connectivity index (χ1n) is 10.5. The molecular weight excluding hydrogens is 430 g/mol. The summed E-state index contributed by atoms with van der Waals surface area (Å²) in [4.78, 5) is 15.3. The van der Waals surface area contributed by atoms with Crippen molar-refractivity contribution in [2.75, 3.05) is 47.4 Å². The van der Waals surface area contributed by atoms with Gasteiger partial charge in [0.25, 0.3) is 5.91 Å². The minimum atomic E-state index is -3.67. The van der Waals surface area contributed by atoms with Crippen molar-refractivity contribution in [3.05, 3.63) is 53.1 Å². The summed E-state index contributed by atoms with van der Waals surface area (Å²) in [5.74, 6) is 0.926. The Kier molecular flexibility index (Phi) is 7.43. The van der Waals surface area contributed by atoms with Crippen LogP contribution in [-0.4, -0.2) is 71.0 Å². The highest BCUT2D eigenvalue weighted by Gasteiger charge is 2.28. The van der Waals surface area contributed by atoms with Gasteiger partial charge >= 0.3 is 0 Å². The van der Waals surface area contributed by atoms with Gasteiger partial charge in [-0.1, -0.05) is 6.07 Å². The van der Waals surface area contributed by atoms with Crippen molar-refractivity contribution in [1.82, 2.24) is 14.5 Å². The largest absolute Gasteiger partial charge is 0.497 e. The maximum Gasteiger partial charge on any atom is 0.252 e. The first-order chi connectivity index (χ1) is 15.2. The average molecular weight is 462 g/mol. The minimum absolute atomic E-state index is 0.129. The predicted octanol–water partition coefficient (Wildman–Crippen LogP) is 2.44. The maximum atomic E-state index is 13.1. The monoisotopic (exact) mass is 461 g/mol. The zero-order valence-electron chi connectivity index (χ0n) is 19.2. The number of rotatable bonds is 7. The van der Waals surface area contributed by atoms with Crippen LogP contribution in [0.4, 0.5) is 0 Å². The molecule has 2 aromatic rings. The van der Waals surface area contributed by atoms with E-state index in [1.54, 1.807) is 45.4 Å². The van der Waals surface area contributed by atoms with Crippen molar-refractivity contribution in [3.63, 3.8) is 0 Å². The van der Waals surface area contributed by atoms with Gasteiger partial charge in [0.2, 0.25) is 10.0 Å². The average Bonchev–Trinajstić information content (AvgIpc) is 2.78. The number of carbonyl (C=O) groups excluding carboxylic acids is 1. The Morgan fingerprint density at radius 2 is 1.72 bits per heavy atom. The Morgan fingerprint density at radius 1 is 1.03 bits per heavy atom. The topological polar surface area (TPSA) is 88.2 Å². The number of likely N-dealkylation sites (N-methyl/N-ethyl adjacent to an activating group) is 1. The van der Waals surface area contributed by atoms with Crippen molar-refractivity contribution in [1.29, 1.82) is 0 Å². The second-order valence-electron chi connectivity index (χ2n) is 7.99. The molecule has 9 heteroatoms. The van der Waals surface area contributed by atoms with E-state index >= 15 is 0 Å². The molecule has 0 radical (unpaired) electrons. The summed E-state index contributed by atoms with van der Waals surface area (Å²) in [5.41, 5.74) is 1.79. The molecule has 174 valence electrons. The van der Waals surface area contributed by atoms with E-state index in [1.165, 1.54) is 10.4 Å². The SMILES string of the molecule is COc1ccc(OC)c(C(C)NC(=O)c2cc(S(=O)(=O)N3CCN(C)CC3)ccc2C)c1. The predicted molar refractivity (Wildman–Crippen MR) is 123 cm³/mol. The second-order valence-corrected chi connectivity index (χ2v) is 9.93. The van der Waals surface area contributed by atoms with Crippen LogP contribution in [0.5, 0.6) is 11.5 Å². The van der Waals surface area contributed by atoms with Crippen LogP contribution < -0.4 is 14.8 Å². The lowest BCUT2D eigenvalue weighted by Crippen LogP contribution is -2.47. The summed E-state index contributed by atoms with van der Waals surface area (Å²) in [6, 6.07) is 9.70. The molecule has 1 fully saturated rings. The molecule has 8 nitrogen and oxygen atoms in total. The van der Waals surface area contributed by atoms with Crippen molar-refractivity contribution >= 4 is 15.9 Å². The van der Waals surface area contributed by atoms with Crippen LogP contribution in [-0.2, 0) is 10.0 Å². The molecule has 1 heterocycles. The summed E-state index contributed by atoms with van der Waals surface area (Å²) in [5, 5.41) is 2.95. The van der Waals surface area contributed by atoms with E-state index in [0.29, 0.717) is 48.8 Å². The Balaban J connectivity index is 1.85. The molecule has 0 aromatic heterocycles. The van der Waals surface area contributed by atoms with E-state index in [-0.39, 0.29) is 16.8 Å². The van der Waals surface area contributed by atoms with Gasteiger partial charge in [-0.05, 0) is 56.8 Å². The molecule has 3 rings (SSSR count). The lowest BCUT2D eigenvalue weighted by molar-refractivity contribution is 0.0938. The van der Waals surface area contributed by atoms with Gasteiger partial charge in [-0.2, -0.15) is 4.31 Å². The van der Waals surface area contributed by atoms with Crippen LogP contribution >= 0.6 is 0 Å². The number of methoxy groups -OCH3 is 2. The first kappa shape index (κ1) is 24.0. The van der Waals surface area contributed by atoms with E-state index in [1.807, 2.05) is 20.0 Å². The molecule has 1 aliphatic rings. The molecule has 1 saturated heterocycles. The lowest BCUT2D eigenvalue weighted by atomic mass is 10.0. The summed E-state index contributed by atoms with van der Waals surface area (Å²) in [6.45, 7) is 5.85. The fourth-order valence-electron chi connectivity index (χ4n) is 3.71. The number of sulfonamides is 1. The van der Waals surface area contributed by atoms with Crippen molar-refractivity contribution in [2.24, 2.45) is 0 Å². The third kappa shape index (κ3) is 5.06. The first-order valence-corrected chi connectivity index (χ1v) is 11.9. The number of aryl methyl sites for hydroxylation is 1. The molecule has 2 aromatic carbocycles. The fourth-order valence-corrected chi connectivity index (χ4v) is 5.16. The Labute approximate surface area is 190 Å². The van der Waals surface area contributed by atoms with Crippen LogP contribution in [0, 0.1) is 6.92 Å². The van der Waals surface area contributed by atoms with Gasteiger partial charge in [0.05, 0.1) is 25.2 Å². The molecule has 1 aliphatic heterocycles. The molecular formula is C23H31N3O5S. The fraction of sp³-hybridized carbons (Fsp3) is 0.435. The Hall–Kier alpha value is -2.62. The number of piperazine rings is 1. The molecule has 1 amide bonds. The number of nitrogens with one attached hydrogen (secondary N) is 1. The van der Waals surface area contributed by atoms with E-state index in [2.05, 4.69) is 10.2 Å². The van der Waals surface area contributed by atoms with E-state index in [4.69, 9.17) is 9.47 Å². The number of hydrogen-bond donors (Lipinski definition) is 1. The highest BCUT2D eigenvalue weighted by molar-refractivity contribution is 7.89. The van der Waals surface area contributed by atoms with Gasteiger partial charge in [-0.15, -0.1) is 0 Å². The number of amides is 1. The summed E-state index contributed by atoms with van der Waals surface area (Å²) < 4.78 is 38.4. The molecule has 1 atom stereocenters. The molecule has 0 aliphatic carbocycles. The normalized spacial score (nSPS) is 16.4. The number of carbonyl (C=O) groups is 1. The van der Waals surface area contributed by atoms with Gasteiger partial charge in [-0.25, -0.2) is 8.42 Å². The second kappa shape index (κ2) is 9.89. The lowest BCUT2D eigenvalue weighted by Gasteiger charge is -2.31. The molecule has 0 bridgehead atoms. The minimum Gasteiger partial charge on any atom is -0.497 e. The highest BCUT2D eigenvalue weighted by Crippen LogP contribution is 2.30. The standard InChI is InChI=1S/C23H31N3O5S/c1-16-6-8-19(32(28,29)26-12-10-25(3)11-13-26)15-20(16)23(27)24-17(2)21-14-18(30-4)7-9-22(21)31-5/h6-9,14-15,17H,10-13H2,1-5H3,(H,24,27). The van der Waals surface area contributed by atoms with Crippen molar-refractivity contribution in [2.45, 2.75) is 24.8 Å². The highest BCUT2D eigenvalue weighted by atomic mass is 32.2. The summed E-state index contributed by atoms with van der Waals surface area (Å²) in [6.07, 6.45) is 0. The van der Waals surface area contributed by atoms with Crippen LogP contribution in [0.15, 0.2) is 41.3 Å². The van der Waals surface area contributed by atoms with Crippen LogP contribution in [0.1, 0.15) is 34.5 Å². The Morgan fingerprint density at radius 3 is 2.34 bits per heavy atom. The van der Waals surface area contributed by atoms with Gasteiger partial charge in [0.15, 0.2) is 0 Å². The molecule has 0 spiro atoms. The van der Waals surface area contributed by atoms with Gasteiger partial charge < -0.3 is 19.7 Å². The third-order valence-electron chi connectivity index (χ3n) is 5.80. The van der Waals surface area contributed by atoms with Gasteiger partial charge in [0, 0.05) is 37.3 Å². The maximum absolute atomic E-state index is 13.1. The van der Waals surface area contributed by atoms with Crippen molar-refractivity contribution in [3.8, 4) is 11.5 Å². The number of benzene rings is 2. The van der Waals surface area contributed by atoms with Crippen LogP contribution in [0.25, 0.3) is 0 Å². The van der Waals surface area contributed by atoms with Crippen LogP contribution in [0.3, 0.4) is 0 Å². The molecule has 0 saturated carbocycles.